The van der Waals surface area contributed by atoms with Crippen LogP contribution in [0.25, 0.3) is 0 Å². The maximum Gasteiger partial charge on any atom is 0.319 e. The van der Waals surface area contributed by atoms with Crippen molar-refractivity contribution in [3.63, 3.8) is 0 Å². The highest BCUT2D eigenvalue weighted by Crippen LogP contribution is 2.19. The number of quaternary nitrogens is 1. The molecule has 128 valence electrons. The first-order valence-electron chi connectivity index (χ1n) is 8.24. The van der Waals surface area contributed by atoms with Gasteiger partial charge in [-0.3, -0.25) is 10.1 Å². The minimum atomic E-state index is -0.811. The number of carbonyl (C=O) groups is 2. The molecule has 1 aromatic carbocycles. The van der Waals surface area contributed by atoms with Gasteiger partial charge in [-0.1, -0.05) is 52.0 Å². The van der Waals surface area contributed by atoms with Crippen LogP contribution < -0.4 is 16.4 Å². The number of benzene rings is 1. The molecule has 0 bridgehead atoms. The highest BCUT2D eigenvalue weighted by atomic mass is 16.2. The van der Waals surface area contributed by atoms with Crippen LogP contribution in [0.2, 0.25) is 0 Å². The van der Waals surface area contributed by atoms with Crippen LogP contribution in [-0.4, -0.2) is 18.0 Å². The van der Waals surface area contributed by atoms with Crippen molar-refractivity contribution in [3.05, 3.63) is 35.4 Å². The number of primary amides is 1. The summed E-state index contributed by atoms with van der Waals surface area (Å²) in [5, 5.41) is 4.12. The zero-order valence-electron chi connectivity index (χ0n) is 14.8. The Kier molecular flexibility index (Phi) is 7.23. The summed E-state index contributed by atoms with van der Waals surface area (Å²) < 4.78 is 0. The van der Waals surface area contributed by atoms with E-state index in [0.29, 0.717) is 11.8 Å². The minimum Gasteiger partial charge on any atom is -0.351 e. The van der Waals surface area contributed by atoms with E-state index in [0.717, 1.165) is 6.42 Å². The number of imide groups is 1. The fraction of sp³-hybridized carbons (Fsp3) is 0.556. The number of carbonyl (C=O) groups excluding carboxylic acids is 2. The number of nitrogens with two attached hydrogens (primary N) is 2. The van der Waals surface area contributed by atoms with E-state index >= 15 is 0 Å². The highest BCUT2D eigenvalue weighted by molar-refractivity contribution is 5.95. The SMILES string of the molecule is CC(C)Cc1ccc([C@@H]([NH2+][C@H](C)C(=O)NC(N)=O)C(C)C)cc1. The predicted octanol–water partition coefficient (Wildman–Crippen LogP) is 1.73. The molecule has 0 unspecified atom stereocenters. The highest BCUT2D eigenvalue weighted by Gasteiger charge is 2.26. The summed E-state index contributed by atoms with van der Waals surface area (Å²) in [5.41, 5.74) is 7.52. The van der Waals surface area contributed by atoms with Gasteiger partial charge in [0, 0.05) is 11.5 Å². The molecule has 0 aromatic heterocycles. The Morgan fingerprint density at radius 2 is 1.65 bits per heavy atom. The Balaban J connectivity index is 2.82. The van der Waals surface area contributed by atoms with Gasteiger partial charge in [0.2, 0.25) is 0 Å². The number of amides is 3. The molecule has 3 amide bonds. The van der Waals surface area contributed by atoms with E-state index in [1.54, 1.807) is 6.92 Å². The largest absolute Gasteiger partial charge is 0.351 e. The smallest absolute Gasteiger partial charge is 0.319 e. The average molecular weight is 320 g/mol. The summed E-state index contributed by atoms with van der Waals surface area (Å²) in [7, 11) is 0. The molecule has 1 rings (SSSR count). The Bertz CT molecular complexity index is 524. The summed E-state index contributed by atoms with van der Waals surface area (Å²) >= 11 is 0. The van der Waals surface area contributed by atoms with Crippen LogP contribution in [0.5, 0.6) is 0 Å². The molecule has 1 aromatic rings. The van der Waals surface area contributed by atoms with Crippen LogP contribution in [0.3, 0.4) is 0 Å². The number of urea groups is 1. The van der Waals surface area contributed by atoms with Crippen molar-refractivity contribution in [2.75, 3.05) is 0 Å². The van der Waals surface area contributed by atoms with Crippen LogP contribution >= 0.6 is 0 Å². The van der Waals surface area contributed by atoms with Crippen molar-refractivity contribution in [1.29, 1.82) is 0 Å². The van der Waals surface area contributed by atoms with Gasteiger partial charge in [0.05, 0.1) is 0 Å². The monoisotopic (exact) mass is 320 g/mol. The standard InChI is InChI=1S/C18H29N3O2/c1-11(2)10-14-6-8-15(9-7-14)16(12(3)4)20-13(5)17(22)21-18(19)23/h6-9,11-13,16,20H,10H2,1-5H3,(H3,19,21,22,23)/p+1/t13-,16+/m1/s1. The fourth-order valence-corrected chi connectivity index (χ4v) is 2.70. The molecule has 0 aliphatic carbocycles. The van der Waals surface area contributed by atoms with Crippen molar-refractivity contribution in [3.8, 4) is 0 Å². The quantitative estimate of drug-likeness (QED) is 0.714. The van der Waals surface area contributed by atoms with Crippen LogP contribution in [0, 0.1) is 11.8 Å². The third-order valence-corrected chi connectivity index (χ3v) is 3.88. The zero-order valence-corrected chi connectivity index (χ0v) is 14.8. The second kappa shape index (κ2) is 8.67. The fourth-order valence-electron chi connectivity index (χ4n) is 2.70. The number of rotatable bonds is 7. The second-order valence-electron chi connectivity index (χ2n) is 6.94. The summed E-state index contributed by atoms with van der Waals surface area (Å²) in [6, 6.07) is 7.55. The molecule has 0 radical (unpaired) electrons. The van der Waals surface area contributed by atoms with Crippen molar-refractivity contribution in [2.24, 2.45) is 17.6 Å². The third kappa shape index (κ3) is 6.40. The molecule has 5 nitrogen and oxygen atoms in total. The molecule has 5 N–H and O–H groups in total. The van der Waals surface area contributed by atoms with Gasteiger partial charge in [-0.05, 0) is 24.8 Å². The molecular formula is C18H30N3O2+. The van der Waals surface area contributed by atoms with Gasteiger partial charge < -0.3 is 11.1 Å². The van der Waals surface area contributed by atoms with Crippen LogP contribution in [0.1, 0.15) is 51.8 Å². The van der Waals surface area contributed by atoms with Gasteiger partial charge in [0.25, 0.3) is 5.91 Å². The molecule has 0 aliphatic rings. The molecule has 0 saturated carbocycles. The van der Waals surface area contributed by atoms with E-state index in [-0.39, 0.29) is 18.0 Å². The van der Waals surface area contributed by atoms with Crippen molar-refractivity contribution in [2.45, 2.75) is 53.1 Å². The van der Waals surface area contributed by atoms with E-state index in [1.165, 1.54) is 11.1 Å². The summed E-state index contributed by atoms with van der Waals surface area (Å²) in [6.45, 7) is 10.4. The molecule has 0 spiro atoms. The second-order valence-corrected chi connectivity index (χ2v) is 6.94. The molecular weight excluding hydrogens is 290 g/mol. The molecule has 2 atom stereocenters. The van der Waals surface area contributed by atoms with Crippen molar-refractivity contribution < 1.29 is 14.9 Å². The van der Waals surface area contributed by atoms with Crippen LogP contribution in [-0.2, 0) is 11.2 Å². The number of hydrogen-bond acceptors (Lipinski definition) is 2. The Morgan fingerprint density at radius 3 is 2.09 bits per heavy atom. The van der Waals surface area contributed by atoms with Gasteiger partial charge in [-0.2, -0.15) is 0 Å². The molecule has 0 fully saturated rings. The van der Waals surface area contributed by atoms with Gasteiger partial charge in [0.15, 0.2) is 6.04 Å². The van der Waals surface area contributed by atoms with Gasteiger partial charge >= 0.3 is 6.03 Å². The van der Waals surface area contributed by atoms with E-state index in [1.807, 2.05) is 5.32 Å². The van der Waals surface area contributed by atoms with E-state index in [9.17, 15) is 9.59 Å². The van der Waals surface area contributed by atoms with Gasteiger partial charge in [0.1, 0.15) is 6.04 Å². The minimum absolute atomic E-state index is 0.150. The zero-order chi connectivity index (χ0) is 17.6. The lowest BCUT2D eigenvalue weighted by molar-refractivity contribution is -0.719. The van der Waals surface area contributed by atoms with E-state index in [2.05, 4.69) is 57.3 Å². The average Bonchev–Trinajstić information content (AvgIpc) is 2.43. The van der Waals surface area contributed by atoms with E-state index in [4.69, 9.17) is 5.73 Å². The lowest BCUT2D eigenvalue weighted by Crippen LogP contribution is -2.93. The number of hydrogen-bond donors (Lipinski definition) is 3. The first-order chi connectivity index (χ1) is 10.7. The molecule has 5 heteroatoms. The Hall–Kier alpha value is -1.88. The van der Waals surface area contributed by atoms with E-state index < -0.39 is 6.03 Å². The molecule has 0 heterocycles. The number of nitrogens with one attached hydrogen (secondary N) is 1. The van der Waals surface area contributed by atoms with Gasteiger partial charge in [-0.15, -0.1) is 0 Å². The summed E-state index contributed by atoms with van der Waals surface area (Å²) in [4.78, 5) is 22.7. The van der Waals surface area contributed by atoms with Crippen LogP contribution in [0.4, 0.5) is 4.79 Å². The summed E-state index contributed by atoms with van der Waals surface area (Å²) in [6.07, 6.45) is 1.06. The third-order valence-electron chi connectivity index (χ3n) is 3.88. The Labute approximate surface area is 139 Å². The van der Waals surface area contributed by atoms with Crippen molar-refractivity contribution >= 4 is 11.9 Å². The van der Waals surface area contributed by atoms with Crippen LogP contribution in [0.15, 0.2) is 24.3 Å². The maximum atomic E-state index is 11.9. The van der Waals surface area contributed by atoms with Crippen molar-refractivity contribution in [1.82, 2.24) is 5.32 Å². The predicted molar refractivity (Wildman–Crippen MR) is 91.7 cm³/mol. The first-order valence-corrected chi connectivity index (χ1v) is 8.24. The molecule has 23 heavy (non-hydrogen) atoms. The lowest BCUT2D eigenvalue weighted by Gasteiger charge is -2.23. The topological polar surface area (TPSA) is 88.8 Å². The maximum absolute atomic E-state index is 11.9. The lowest BCUT2D eigenvalue weighted by atomic mass is 9.93. The Morgan fingerprint density at radius 1 is 1.09 bits per heavy atom. The molecule has 0 aliphatic heterocycles. The van der Waals surface area contributed by atoms with Gasteiger partial charge in [-0.25, -0.2) is 4.79 Å². The molecule has 0 saturated heterocycles. The summed E-state index contributed by atoms with van der Waals surface area (Å²) in [5.74, 6) is 0.625. The normalized spacial score (nSPS) is 13.9. The first kappa shape index (κ1) is 19.2.